The summed E-state index contributed by atoms with van der Waals surface area (Å²) in [6, 6.07) is 25.6. The molecule has 0 aliphatic carbocycles. The number of thiophene rings is 1. The predicted molar refractivity (Wildman–Crippen MR) is 112 cm³/mol. The highest BCUT2D eigenvalue weighted by atomic mass is 35.5. The number of allylic oxidation sites excluding steroid dienone is 1. The lowest BCUT2D eigenvalue weighted by molar-refractivity contribution is 0.626. The number of hydrogen-bond donors (Lipinski definition) is 1. The molecule has 0 saturated heterocycles. The highest BCUT2D eigenvalue weighted by Crippen LogP contribution is 2.26. The van der Waals surface area contributed by atoms with Gasteiger partial charge in [-0.25, -0.2) is 0 Å². The molecule has 0 bridgehead atoms. The number of rotatable bonds is 7. The minimum atomic E-state index is 0. The highest BCUT2D eigenvalue weighted by Gasteiger charge is 2.07. The van der Waals surface area contributed by atoms with Crippen molar-refractivity contribution in [3.05, 3.63) is 100 Å². The van der Waals surface area contributed by atoms with Crippen molar-refractivity contribution in [2.24, 2.45) is 5.73 Å². The van der Waals surface area contributed by atoms with Gasteiger partial charge in [-0.2, -0.15) is 0 Å². The predicted octanol–water partition coefficient (Wildman–Crippen LogP) is 6.47. The van der Waals surface area contributed by atoms with E-state index in [4.69, 9.17) is 5.73 Å². The fraction of sp³-hybridized carbons (Fsp3) is 0.182. The fourth-order valence-corrected chi connectivity index (χ4v) is 3.63. The molecule has 1 unspecified atom stereocenters. The Balaban J connectivity index is 0.00000225. The van der Waals surface area contributed by atoms with E-state index in [0.29, 0.717) is 0 Å². The lowest BCUT2D eigenvalue weighted by Crippen LogP contribution is -2.07. The molecular weight excluding hydrogens is 346 g/mol. The summed E-state index contributed by atoms with van der Waals surface area (Å²) in [5.74, 6) is 0. The van der Waals surface area contributed by atoms with E-state index in [-0.39, 0.29) is 18.4 Å². The molecule has 25 heavy (non-hydrogen) atoms. The second-order valence-corrected chi connectivity index (χ2v) is 6.88. The van der Waals surface area contributed by atoms with Crippen LogP contribution in [0.4, 0.5) is 0 Å². The second-order valence-electron chi connectivity index (χ2n) is 5.90. The molecule has 2 aromatic carbocycles. The fourth-order valence-electron chi connectivity index (χ4n) is 2.87. The first-order valence-electron chi connectivity index (χ1n) is 8.44. The van der Waals surface area contributed by atoms with Crippen molar-refractivity contribution in [2.75, 3.05) is 0 Å². The van der Waals surface area contributed by atoms with E-state index < -0.39 is 0 Å². The van der Waals surface area contributed by atoms with E-state index in [1.807, 2.05) is 0 Å². The molecule has 1 nitrogen and oxygen atoms in total. The Morgan fingerprint density at radius 2 is 1.48 bits per heavy atom. The third-order valence-electron chi connectivity index (χ3n) is 4.15. The Morgan fingerprint density at radius 1 is 0.880 bits per heavy atom. The van der Waals surface area contributed by atoms with Gasteiger partial charge >= 0.3 is 0 Å². The number of halogens is 1. The Labute approximate surface area is 160 Å². The Kier molecular flexibility index (Phi) is 7.93. The zero-order chi connectivity index (χ0) is 16.6. The molecule has 0 amide bonds. The van der Waals surface area contributed by atoms with Crippen LogP contribution < -0.4 is 5.73 Å². The number of benzene rings is 2. The molecule has 1 atom stereocenters. The zero-order valence-electron chi connectivity index (χ0n) is 14.2. The van der Waals surface area contributed by atoms with Crippen molar-refractivity contribution in [1.82, 2.24) is 0 Å². The maximum Gasteiger partial charge on any atom is 0.0389 e. The van der Waals surface area contributed by atoms with Crippen molar-refractivity contribution < 1.29 is 0 Å². The van der Waals surface area contributed by atoms with Gasteiger partial charge in [0.25, 0.3) is 0 Å². The van der Waals surface area contributed by atoms with Crippen LogP contribution >= 0.6 is 23.7 Å². The van der Waals surface area contributed by atoms with Crippen LogP contribution in [0.3, 0.4) is 0 Å². The second kappa shape index (κ2) is 10.2. The quantitative estimate of drug-likeness (QED) is 0.474. The average molecular weight is 370 g/mol. The normalized spacial score (nSPS) is 11.4. The maximum absolute atomic E-state index is 6.27. The van der Waals surface area contributed by atoms with Gasteiger partial charge in [0.05, 0.1) is 0 Å². The molecule has 0 saturated carbocycles. The van der Waals surface area contributed by atoms with Gasteiger partial charge in [-0.05, 0) is 47.4 Å². The molecule has 130 valence electrons. The lowest BCUT2D eigenvalue weighted by atomic mass is 9.96. The van der Waals surface area contributed by atoms with Gasteiger partial charge in [-0.1, -0.05) is 72.8 Å². The number of nitrogens with two attached hydrogens (primary N) is 1. The van der Waals surface area contributed by atoms with Gasteiger partial charge in [0.1, 0.15) is 0 Å². The Hall–Kier alpha value is -1.87. The standard InChI is InChI=1S/C22H23NS.ClH/c23-21(22-16-9-17-24-22)15-8-7-14-20(18-10-3-1-4-11-18)19-12-5-2-6-13-19;/h1-6,9-14,16-17,21H,7-8,15,23H2;1H. The third kappa shape index (κ3) is 5.57. The molecule has 3 aromatic rings. The minimum absolute atomic E-state index is 0. The van der Waals surface area contributed by atoms with E-state index in [2.05, 4.69) is 84.3 Å². The van der Waals surface area contributed by atoms with Crippen LogP contribution in [0.2, 0.25) is 0 Å². The molecule has 1 heterocycles. The van der Waals surface area contributed by atoms with Crippen molar-refractivity contribution in [2.45, 2.75) is 25.3 Å². The highest BCUT2D eigenvalue weighted by molar-refractivity contribution is 7.10. The summed E-state index contributed by atoms with van der Waals surface area (Å²) in [4.78, 5) is 1.28. The van der Waals surface area contributed by atoms with E-state index in [1.165, 1.54) is 21.6 Å². The summed E-state index contributed by atoms with van der Waals surface area (Å²) in [6.45, 7) is 0. The smallest absolute Gasteiger partial charge is 0.0389 e. The van der Waals surface area contributed by atoms with Crippen molar-refractivity contribution in [3.8, 4) is 0 Å². The molecular formula is C22H24ClNS. The largest absolute Gasteiger partial charge is 0.323 e. The molecule has 0 spiro atoms. The SMILES string of the molecule is Cl.NC(CCCC=C(c1ccccc1)c1ccccc1)c1cccs1. The molecule has 0 aliphatic heterocycles. The van der Waals surface area contributed by atoms with Crippen LogP contribution in [0.1, 0.15) is 41.3 Å². The molecule has 1 aromatic heterocycles. The zero-order valence-corrected chi connectivity index (χ0v) is 15.8. The van der Waals surface area contributed by atoms with Crippen LogP contribution in [-0.4, -0.2) is 0 Å². The van der Waals surface area contributed by atoms with Crippen molar-refractivity contribution >= 4 is 29.3 Å². The Morgan fingerprint density at radius 3 is 2.00 bits per heavy atom. The van der Waals surface area contributed by atoms with Crippen LogP contribution in [0.5, 0.6) is 0 Å². The summed E-state index contributed by atoms with van der Waals surface area (Å²) < 4.78 is 0. The third-order valence-corrected chi connectivity index (χ3v) is 5.15. The molecule has 0 aliphatic rings. The molecule has 3 heteroatoms. The molecule has 2 N–H and O–H groups in total. The van der Waals surface area contributed by atoms with Gasteiger partial charge in [0, 0.05) is 10.9 Å². The van der Waals surface area contributed by atoms with Crippen LogP contribution in [-0.2, 0) is 0 Å². The Bertz CT molecular complexity index is 710. The first kappa shape index (κ1) is 19.5. The van der Waals surface area contributed by atoms with Gasteiger partial charge in [-0.15, -0.1) is 23.7 Å². The molecule has 0 fully saturated rings. The van der Waals surface area contributed by atoms with Crippen LogP contribution in [0.15, 0.2) is 84.3 Å². The van der Waals surface area contributed by atoms with E-state index >= 15 is 0 Å². The van der Waals surface area contributed by atoms with Gasteiger partial charge in [0.15, 0.2) is 0 Å². The topological polar surface area (TPSA) is 26.0 Å². The summed E-state index contributed by atoms with van der Waals surface area (Å²) in [5, 5.41) is 2.10. The van der Waals surface area contributed by atoms with E-state index in [0.717, 1.165) is 19.3 Å². The number of hydrogen-bond acceptors (Lipinski definition) is 2. The summed E-state index contributed by atoms with van der Waals surface area (Å²) in [5.41, 5.74) is 10.1. The maximum atomic E-state index is 6.27. The first-order chi connectivity index (χ1) is 11.8. The first-order valence-corrected chi connectivity index (χ1v) is 9.32. The van der Waals surface area contributed by atoms with Gasteiger partial charge in [-0.3, -0.25) is 0 Å². The van der Waals surface area contributed by atoms with Crippen LogP contribution in [0.25, 0.3) is 5.57 Å². The van der Waals surface area contributed by atoms with Crippen molar-refractivity contribution in [3.63, 3.8) is 0 Å². The van der Waals surface area contributed by atoms with Crippen LogP contribution in [0, 0.1) is 0 Å². The van der Waals surface area contributed by atoms with Gasteiger partial charge in [0.2, 0.25) is 0 Å². The average Bonchev–Trinajstić information content (AvgIpc) is 3.18. The monoisotopic (exact) mass is 369 g/mol. The lowest BCUT2D eigenvalue weighted by Gasteiger charge is -2.10. The minimum Gasteiger partial charge on any atom is -0.323 e. The summed E-state index contributed by atoms with van der Waals surface area (Å²) in [6.07, 6.45) is 5.51. The summed E-state index contributed by atoms with van der Waals surface area (Å²) >= 11 is 1.75. The van der Waals surface area contributed by atoms with E-state index in [9.17, 15) is 0 Å². The molecule has 3 rings (SSSR count). The summed E-state index contributed by atoms with van der Waals surface area (Å²) in [7, 11) is 0. The number of unbranched alkanes of at least 4 members (excludes halogenated alkanes) is 1. The molecule has 0 radical (unpaired) electrons. The van der Waals surface area contributed by atoms with Crippen molar-refractivity contribution in [1.29, 1.82) is 0 Å². The van der Waals surface area contributed by atoms with E-state index in [1.54, 1.807) is 11.3 Å². The van der Waals surface area contributed by atoms with Gasteiger partial charge < -0.3 is 5.73 Å².